The number of carbonyl (C=O) groups excluding carboxylic acids is 1. The average Bonchev–Trinajstić information content (AvgIpc) is 2.65. The first kappa shape index (κ1) is 9.46. The van der Waals surface area contributed by atoms with E-state index >= 15 is 0 Å². The number of hydrogen-bond acceptors (Lipinski definition) is 1. The molecule has 3 nitrogen and oxygen atoms in total. The molecule has 16 heavy (non-hydrogen) atoms. The molecule has 0 bridgehead atoms. The van der Waals surface area contributed by atoms with Crippen molar-refractivity contribution in [3.8, 4) is 0 Å². The molecular formula is C13H14N2O. The van der Waals surface area contributed by atoms with Gasteiger partial charge in [0, 0.05) is 29.6 Å². The molecule has 2 heterocycles. The predicted octanol–water partition coefficient (Wildman–Crippen LogP) is 2.07. The fourth-order valence-electron chi connectivity index (χ4n) is 2.49. The molecule has 1 aliphatic rings. The summed E-state index contributed by atoms with van der Waals surface area (Å²) in [7, 11) is 0. The maximum absolute atomic E-state index is 11.9. The molecule has 0 spiro atoms. The quantitative estimate of drug-likeness (QED) is 0.692. The van der Waals surface area contributed by atoms with Gasteiger partial charge in [0.2, 0.25) is 0 Å². The van der Waals surface area contributed by atoms with Crippen LogP contribution in [0.1, 0.15) is 27.2 Å². The Morgan fingerprint density at radius 2 is 1.94 bits per heavy atom. The molecule has 3 heteroatoms. The van der Waals surface area contributed by atoms with E-state index in [9.17, 15) is 4.79 Å². The van der Waals surface area contributed by atoms with E-state index in [1.165, 1.54) is 5.56 Å². The first-order valence-corrected chi connectivity index (χ1v) is 5.57. The van der Waals surface area contributed by atoms with E-state index in [-0.39, 0.29) is 5.91 Å². The highest BCUT2D eigenvalue weighted by Gasteiger charge is 2.23. The van der Waals surface area contributed by atoms with Crippen LogP contribution in [0.2, 0.25) is 0 Å². The summed E-state index contributed by atoms with van der Waals surface area (Å²) in [6.45, 7) is 4.86. The van der Waals surface area contributed by atoms with Crippen LogP contribution in [0.5, 0.6) is 0 Å². The second kappa shape index (κ2) is 3.11. The lowest BCUT2D eigenvalue weighted by atomic mass is 10.0. The summed E-state index contributed by atoms with van der Waals surface area (Å²) in [4.78, 5) is 15.3. The van der Waals surface area contributed by atoms with Gasteiger partial charge in [0.05, 0.1) is 5.56 Å². The number of H-pyrrole nitrogens is 1. The van der Waals surface area contributed by atoms with Gasteiger partial charge in [0.15, 0.2) is 0 Å². The molecule has 1 amide bonds. The van der Waals surface area contributed by atoms with Crippen molar-refractivity contribution in [3.63, 3.8) is 0 Å². The van der Waals surface area contributed by atoms with Crippen LogP contribution in [0.25, 0.3) is 10.9 Å². The second-order valence-corrected chi connectivity index (χ2v) is 4.43. The van der Waals surface area contributed by atoms with E-state index < -0.39 is 0 Å². The topological polar surface area (TPSA) is 44.9 Å². The van der Waals surface area contributed by atoms with Crippen molar-refractivity contribution in [2.75, 3.05) is 6.54 Å². The lowest BCUT2D eigenvalue weighted by Gasteiger charge is -2.12. The number of rotatable bonds is 0. The fourth-order valence-corrected chi connectivity index (χ4v) is 2.49. The van der Waals surface area contributed by atoms with Gasteiger partial charge in [-0.1, -0.05) is 12.1 Å². The van der Waals surface area contributed by atoms with Crippen LogP contribution in [0.15, 0.2) is 12.1 Å². The molecule has 0 radical (unpaired) electrons. The Labute approximate surface area is 93.9 Å². The summed E-state index contributed by atoms with van der Waals surface area (Å²) in [6, 6.07) is 4.17. The van der Waals surface area contributed by atoms with Crippen molar-refractivity contribution in [1.29, 1.82) is 0 Å². The summed E-state index contributed by atoms with van der Waals surface area (Å²) in [5, 5.41) is 3.99. The molecule has 82 valence electrons. The molecule has 1 aromatic heterocycles. The van der Waals surface area contributed by atoms with Crippen molar-refractivity contribution >= 4 is 16.8 Å². The molecule has 0 saturated carbocycles. The van der Waals surface area contributed by atoms with Gasteiger partial charge < -0.3 is 10.3 Å². The smallest absolute Gasteiger partial charge is 0.253 e. The lowest BCUT2D eigenvalue weighted by Crippen LogP contribution is -2.31. The van der Waals surface area contributed by atoms with Gasteiger partial charge in [-0.25, -0.2) is 0 Å². The monoisotopic (exact) mass is 214 g/mol. The maximum Gasteiger partial charge on any atom is 0.253 e. The van der Waals surface area contributed by atoms with E-state index in [0.29, 0.717) is 0 Å². The Balaban J connectivity index is 2.46. The third-order valence-corrected chi connectivity index (χ3v) is 3.34. The van der Waals surface area contributed by atoms with Gasteiger partial charge in [-0.3, -0.25) is 4.79 Å². The van der Waals surface area contributed by atoms with Crippen molar-refractivity contribution in [2.45, 2.75) is 20.3 Å². The largest absolute Gasteiger partial charge is 0.357 e. The zero-order valence-corrected chi connectivity index (χ0v) is 9.48. The van der Waals surface area contributed by atoms with E-state index in [1.54, 1.807) is 0 Å². The van der Waals surface area contributed by atoms with Crippen LogP contribution in [-0.2, 0) is 6.42 Å². The number of aromatic nitrogens is 1. The standard InChI is InChI=1S/C13H14N2O/c1-7-3-4-8(2)12-10(7)11-9(15-12)5-6-14-13(11)16/h3-4,15H,5-6H2,1-2H3,(H,14,16). The Hall–Kier alpha value is -1.77. The molecule has 2 aromatic rings. The Bertz CT molecular complexity index is 595. The molecule has 3 rings (SSSR count). The first-order chi connectivity index (χ1) is 7.68. The number of carbonyl (C=O) groups is 1. The molecule has 0 saturated heterocycles. The van der Waals surface area contributed by atoms with Crippen LogP contribution >= 0.6 is 0 Å². The number of aryl methyl sites for hydroxylation is 2. The summed E-state index contributed by atoms with van der Waals surface area (Å²) < 4.78 is 0. The van der Waals surface area contributed by atoms with Crippen LogP contribution in [0, 0.1) is 13.8 Å². The number of fused-ring (bicyclic) bond motifs is 3. The number of nitrogens with one attached hydrogen (secondary N) is 2. The minimum Gasteiger partial charge on any atom is -0.357 e. The highest BCUT2D eigenvalue weighted by atomic mass is 16.1. The van der Waals surface area contributed by atoms with Gasteiger partial charge >= 0.3 is 0 Å². The average molecular weight is 214 g/mol. The summed E-state index contributed by atoms with van der Waals surface area (Å²) in [6.07, 6.45) is 0.897. The van der Waals surface area contributed by atoms with Gasteiger partial charge in [0.25, 0.3) is 5.91 Å². The molecule has 1 aliphatic heterocycles. The molecule has 0 fully saturated rings. The van der Waals surface area contributed by atoms with Crippen LogP contribution in [0.3, 0.4) is 0 Å². The van der Waals surface area contributed by atoms with Gasteiger partial charge in [-0.15, -0.1) is 0 Å². The Morgan fingerprint density at radius 3 is 2.75 bits per heavy atom. The lowest BCUT2D eigenvalue weighted by molar-refractivity contribution is 0.0947. The molecule has 0 atom stereocenters. The SMILES string of the molecule is Cc1ccc(C)c2c3c([nH]c12)CCNC3=O. The Morgan fingerprint density at radius 1 is 1.19 bits per heavy atom. The van der Waals surface area contributed by atoms with Crippen molar-refractivity contribution in [3.05, 3.63) is 34.5 Å². The second-order valence-electron chi connectivity index (χ2n) is 4.43. The maximum atomic E-state index is 11.9. The summed E-state index contributed by atoms with van der Waals surface area (Å²) in [5.74, 6) is 0.0567. The minimum atomic E-state index is 0.0567. The number of benzene rings is 1. The summed E-state index contributed by atoms with van der Waals surface area (Å²) >= 11 is 0. The number of hydrogen-bond donors (Lipinski definition) is 2. The zero-order valence-electron chi connectivity index (χ0n) is 9.48. The van der Waals surface area contributed by atoms with Crippen molar-refractivity contribution in [1.82, 2.24) is 10.3 Å². The number of aromatic amines is 1. The minimum absolute atomic E-state index is 0.0567. The third kappa shape index (κ3) is 1.11. The van der Waals surface area contributed by atoms with E-state index in [1.807, 2.05) is 0 Å². The highest BCUT2D eigenvalue weighted by Crippen LogP contribution is 2.29. The van der Waals surface area contributed by atoms with Gasteiger partial charge in [-0.05, 0) is 25.0 Å². The van der Waals surface area contributed by atoms with Gasteiger partial charge in [-0.2, -0.15) is 0 Å². The molecular weight excluding hydrogens is 200 g/mol. The predicted molar refractivity (Wildman–Crippen MR) is 63.8 cm³/mol. The van der Waals surface area contributed by atoms with E-state index in [2.05, 4.69) is 36.3 Å². The molecule has 2 N–H and O–H groups in total. The molecule has 1 aromatic carbocycles. The first-order valence-electron chi connectivity index (χ1n) is 5.57. The fraction of sp³-hybridized carbons (Fsp3) is 0.308. The van der Waals surface area contributed by atoms with Crippen LogP contribution in [0.4, 0.5) is 0 Å². The summed E-state index contributed by atoms with van der Waals surface area (Å²) in [5.41, 5.74) is 5.40. The van der Waals surface area contributed by atoms with Crippen LogP contribution < -0.4 is 5.32 Å². The Kier molecular flexibility index (Phi) is 1.84. The van der Waals surface area contributed by atoms with Gasteiger partial charge in [0.1, 0.15) is 0 Å². The van der Waals surface area contributed by atoms with E-state index in [4.69, 9.17) is 0 Å². The van der Waals surface area contributed by atoms with Crippen LogP contribution in [-0.4, -0.2) is 17.4 Å². The zero-order chi connectivity index (χ0) is 11.3. The van der Waals surface area contributed by atoms with Crippen molar-refractivity contribution < 1.29 is 4.79 Å². The van der Waals surface area contributed by atoms with E-state index in [0.717, 1.165) is 40.7 Å². The highest BCUT2D eigenvalue weighted by molar-refractivity contribution is 6.10. The normalized spacial score (nSPS) is 15.0. The number of amides is 1. The molecule has 0 aliphatic carbocycles. The third-order valence-electron chi connectivity index (χ3n) is 3.34. The molecule has 0 unspecified atom stereocenters. The van der Waals surface area contributed by atoms with Crippen molar-refractivity contribution in [2.24, 2.45) is 0 Å².